The van der Waals surface area contributed by atoms with E-state index in [0.717, 1.165) is 12.0 Å². The van der Waals surface area contributed by atoms with Crippen LogP contribution in [0.5, 0.6) is 5.75 Å². The Labute approximate surface area is 207 Å². The molecule has 0 spiro atoms. The molecule has 3 unspecified atom stereocenters. The average Bonchev–Trinajstić information content (AvgIpc) is 3.25. The molecule has 0 aliphatic carbocycles. The number of aromatic hydroxyl groups is 1. The van der Waals surface area contributed by atoms with Gasteiger partial charge >= 0.3 is 11.9 Å². The van der Waals surface area contributed by atoms with Gasteiger partial charge in [-0.15, -0.1) is 5.10 Å². The van der Waals surface area contributed by atoms with Gasteiger partial charge in [0.25, 0.3) is 11.6 Å². The Hall–Kier alpha value is -3.76. The molecule has 1 aromatic heterocycles. The molecule has 5 atom stereocenters. The van der Waals surface area contributed by atoms with E-state index in [9.17, 15) is 34.5 Å². The number of methoxy groups -OCH3 is 1. The number of hydrogen-bond acceptors (Lipinski definition) is 11. The number of carbonyl (C=O) groups is 4. The first-order valence-corrected chi connectivity index (χ1v) is 11.5. The highest BCUT2D eigenvalue weighted by atomic mass is 32.2. The minimum Gasteiger partial charge on any atom is -0.508 e. The van der Waals surface area contributed by atoms with Crippen molar-refractivity contribution in [3.05, 3.63) is 29.8 Å². The summed E-state index contributed by atoms with van der Waals surface area (Å²) in [5.41, 5.74) is -2.06. The van der Waals surface area contributed by atoms with Crippen LogP contribution in [-0.2, 0) is 35.7 Å². The average molecular weight is 522 g/mol. The van der Waals surface area contributed by atoms with Crippen LogP contribution in [0.4, 0.5) is 0 Å². The van der Waals surface area contributed by atoms with Crippen molar-refractivity contribution >= 4 is 35.5 Å². The number of carboxylic acid groups (broad SMARTS) is 2. The fourth-order valence-corrected chi connectivity index (χ4v) is 5.16. The summed E-state index contributed by atoms with van der Waals surface area (Å²) in [5.74, 6) is -7.03. The first kappa shape index (κ1) is 25.3. The molecule has 3 heterocycles. The summed E-state index contributed by atoms with van der Waals surface area (Å²) in [6.07, 6.45) is -1.30. The number of phenols is 1. The van der Waals surface area contributed by atoms with E-state index in [0.29, 0.717) is 5.16 Å². The number of amides is 2. The molecule has 2 aliphatic rings. The lowest BCUT2D eigenvalue weighted by Gasteiger charge is -2.59. The molecule has 2 amide bonds. The molecule has 2 fully saturated rings. The maximum atomic E-state index is 13.2. The first-order valence-electron chi connectivity index (χ1n) is 10.5. The fourth-order valence-electron chi connectivity index (χ4n) is 4.20. The minimum absolute atomic E-state index is 0.0519. The standard InChI is InChI=1S/C20H22N6O9S/c1-25-19(22-23-24-25)36-8-10-7-35-18-20(34-2,17(33)26(18)13(10)16(31)32)21-14(28)12(15(29)30)9-3-5-11(27)6-4-9/h3-6,10,12-13,18,27H,7-8H2,1-2H3,(H,21,28)(H,29,30)(H,31,32)/t10?,12?,13?,18-,20+/m1/s1. The summed E-state index contributed by atoms with van der Waals surface area (Å²) in [6, 6.07) is 3.66. The van der Waals surface area contributed by atoms with Gasteiger partial charge in [0, 0.05) is 25.8 Å². The topological polar surface area (TPSA) is 206 Å². The molecule has 0 radical (unpaired) electrons. The van der Waals surface area contributed by atoms with Crippen LogP contribution in [-0.4, -0.2) is 102 Å². The lowest BCUT2D eigenvalue weighted by Crippen LogP contribution is -2.86. The summed E-state index contributed by atoms with van der Waals surface area (Å²) in [5, 5.41) is 42.8. The number of hydrogen-bond donors (Lipinski definition) is 4. The van der Waals surface area contributed by atoms with Gasteiger partial charge in [-0.25, -0.2) is 9.48 Å². The molecule has 2 aliphatic heterocycles. The Morgan fingerprint density at radius 2 is 2.00 bits per heavy atom. The van der Waals surface area contributed by atoms with Crippen molar-refractivity contribution in [1.29, 1.82) is 0 Å². The van der Waals surface area contributed by atoms with E-state index in [2.05, 4.69) is 20.8 Å². The quantitative estimate of drug-likeness (QED) is 0.130. The van der Waals surface area contributed by atoms with Gasteiger partial charge in [-0.2, -0.15) is 0 Å². The van der Waals surface area contributed by atoms with Crippen LogP contribution in [0, 0.1) is 5.92 Å². The second kappa shape index (κ2) is 9.71. The third-order valence-corrected chi connectivity index (χ3v) is 7.19. The van der Waals surface area contributed by atoms with E-state index in [-0.39, 0.29) is 23.7 Å². The molecule has 192 valence electrons. The lowest BCUT2D eigenvalue weighted by molar-refractivity contribution is -0.290. The lowest BCUT2D eigenvalue weighted by atomic mass is 9.87. The normalized spacial score (nSPS) is 26.0. The van der Waals surface area contributed by atoms with Crippen LogP contribution < -0.4 is 5.32 Å². The monoisotopic (exact) mass is 522 g/mol. The Bertz CT molecular complexity index is 1190. The summed E-state index contributed by atoms with van der Waals surface area (Å²) in [4.78, 5) is 51.2. The summed E-state index contributed by atoms with van der Waals surface area (Å²) in [7, 11) is 2.75. The van der Waals surface area contributed by atoms with Crippen molar-refractivity contribution in [2.45, 2.75) is 29.1 Å². The predicted molar refractivity (Wildman–Crippen MR) is 117 cm³/mol. The zero-order valence-corrected chi connectivity index (χ0v) is 19.8. The molecule has 2 saturated heterocycles. The third kappa shape index (κ3) is 4.22. The van der Waals surface area contributed by atoms with Crippen molar-refractivity contribution in [2.24, 2.45) is 13.0 Å². The van der Waals surface area contributed by atoms with Gasteiger partial charge in [-0.05, 0) is 28.1 Å². The largest absolute Gasteiger partial charge is 0.508 e. The number of aromatic nitrogens is 4. The number of phenolic OH excluding ortho intramolecular Hbond substituents is 1. The number of nitrogens with zero attached hydrogens (tertiary/aromatic N) is 5. The number of carbonyl (C=O) groups excluding carboxylic acids is 2. The van der Waals surface area contributed by atoms with Crippen molar-refractivity contribution in [3.63, 3.8) is 0 Å². The van der Waals surface area contributed by atoms with Crippen molar-refractivity contribution in [3.8, 4) is 5.75 Å². The number of carboxylic acids is 2. The number of thioether (sulfide) groups is 1. The van der Waals surface area contributed by atoms with E-state index in [4.69, 9.17) is 9.47 Å². The fraction of sp³-hybridized carbons (Fsp3) is 0.450. The molecular weight excluding hydrogens is 500 g/mol. The number of aliphatic carboxylic acids is 2. The summed E-state index contributed by atoms with van der Waals surface area (Å²) >= 11 is 1.19. The highest BCUT2D eigenvalue weighted by Gasteiger charge is 2.69. The second-order valence-electron chi connectivity index (χ2n) is 8.13. The van der Waals surface area contributed by atoms with Crippen LogP contribution in [0.2, 0.25) is 0 Å². The van der Waals surface area contributed by atoms with Crippen LogP contribution >= 0.6 is 11.8 Å². The van der Waals surface area contributed by atoms with Crippen LogP contribution in [0.25, 0.3) is 0 Å². The summed E-state index contributed by atoms with van der Waals surface area (Å²) < 4.78 is 12.5. The third-order valence-electron chi connectivity index (χ3n) is 5.99. The van der Waals surface area contributed by atoms with Crippen LogP contribution in [0.3, 0.4) is 0 Å². The SMILES string of the molecule is CO[C@@]1(NC(=O)C(C(=O)O)c2ccc(O)cc2)C(=O)N2C(C(=O)O)C(CSc3nnnn3C)CO[C@@H]21. The van der Waals surface area contributed by atoms with Gasteiger partial charge in [0.05, 0.1) is 6.61 Å². The smallest absolute Gasteiger partial charge is 0.326 e. The first-order chi connectivity index (χ1) is 17.1. The maximum absolute atomic E-state index is 13.2. The van der Waals surface area contributed by atoms with Gasteiger partial charge in [-0.3, -0.25) is 19.3 Å². The van der Waals surface area contributed by atoms with Crippen LogP contribution in [0.15, 0.2) is 29.4 Å². The number of β-lactam (4-membered cyclic amide) rings is 1. The van der Waals surface area contributed by atoms with E-state index in [1.165, 1.54) is 40.7 Å². The Kier molecular flexibility index (Phi) is 6.83. The zero-order valence-electron chi connectivity index (χ0n) is 19.0. The molecule has 36 heavy (non-hydrogen) atoms. The highest BCUT2D eigenvalue weighted by molar-refractivity contribution is 7.99. The van der Waals surface area contributed by atoms with Gasteiger partial charge < -0.3 is 30.1 Å². The Balaban J connectivity index is 1.53. The van der Waals surface area contributed by atoms with E-state index < -0.39 is 53.6 Å². The number of rotatable bonds is 9. The number of aryl methyl sites for hydroxylation is 1. The van der Waals surface area contributed by atoms with Gasteiger partial charge in [0.15, 0.2) is 12.1 Å². The Morgan fingerprint density at radius 1 is 1.31 bits per heavy atom. The van der Waals surface area contributed by atoms with Crippen molar-refractivity contribution in [2.75, 3.05) is 19.5 Å². The predicted octanol–water partition coefficient (Wildman–Crippen LogP) is -1.40. The van der Waals surface area contributed by atoms with Gasteiger partial charge in [-0.1, -0.05) is 23.9 Å². The van der Waals surface area contributed by atoms with Crippen molar-refractivity contribution < 1.29 is 44.0 Å². The minimum atomic E-state index is -2.11. The second-order valence-corrected chi connectivity index (χ2v) is 9.12. The molecule has 2 aromatic rings. The number of tetrazole rings is 1. The van der Waals surface area contributed by atoms with E-state index >= 15 is 0 Å². The van der Waals surface area contributed by atoms with E-state index in [1.54, 1.807) is 7.05 Å². The number of ether oxygens (including phenoxy) is 2. The number of nitrogens with one attached hydrogen (secondary N) is 1. The van der Waals surface area contributed by atoms with Crippen molar-refractivity contribution in [1.82, 2.24) is 30.4 Å². The van der Waals surface area contributed by atoms with E-state index in [1.807, 2.05) is 0 Å². The molecule has 1 aromatic carbocycles. The number of fused-ring (bicyclic) bond motifs is 1. The van der Waals surface area contributed by atoms with Crippen LogP contribution in [0.1, 0.15) is 11.5 Å². The molecule has 0 saturated carbocycles. The molecule has 15 nitrogen and oxygen atoms in total. The molecule has 4 N–H and O–H groups in total. The molecule has 0 bridgehead atoms. The van der Waals surface area contributed by atoms with Gasteiger partial charge in [0.1, 0.15) is 11.8 Å². The molecule has 16 heteroatoms. The summed E-state index contributed by atoms with van der Waals surface area (Å²) in [6.45, 7) is -0.0923. The molecule has 4 rings (SSSR count). The highest BCUT2D eigenvalue weighted by Crippen LogP contribution is 2.42. The molecular formula is C20H22N6O9S. The zero-order chi connectivity index (χ0) is 26.2. The maximum Gasteiger partial charge on any atom is 0.326 e. The number of benzene rings is 1. The van der Waals surface area contributed by atoms with Gasteiger partial charge in [0.2, 0.25) is 11.1 Å². The Morgan fingerprint density at radius 3 is 2.56 bits per heavy atom.